The van der Waals surface area contributed by atoms with Crippen molar-refractivity contribution in [2.24, 2.45) is 0 Å². The zero-order valence-corrected chi connectivity index (χ0v) is 13.0. The molecule has 1 saturated heterocycles. The summed E-state index contributed by atoms with van der Waals surface area (Å²) in [6.45, 7) is 1.70. The van der Waals surface area contributed by atoms with Crippen LogP contribution in [0.1, 0.15) is 37.4 Å². The van der Waals surface area contributed by atoms with E-state index in [1.54, 1.807) is 36.3 Å². The monoisotopic (exact) mass is 305 g/mol. The molecule has 3 rings (SSSR count). The van der Waals surface area contributed by atoms with Crippen molar-refractivity contribution in [3.8, 4) is 5.75 Å². The van der Waals surface area contributed by atoms with Gasteiger partial charge in [0.1, 0.15) is 5.75 Å². The van der Waals surface area contributed by atoms with Gasteiger partial charge in [0.05, 0.1) is 19.3 Å². The van der Waals surface area contributed by atoms with Gasteiger partial charge in [-0.3, -0.25) is 4.79 Å². The summed E-state index contributed by atoms with van der Waals surface area (Å²) in [5.74, 6) is 0.472. The van der Waals surface area contributed by atoms with Gasteiger partial charge in [-0.2, -0.15) is 0 Å². The fourth-order valence-corrected chi connectivity index (χ4v) is 3.46. The summed E-state index contributed by atoms with van der Waals surface area (Å²) in [5.41, 5.74) is 0.422. The minimum absolute atomic E-state index is 0.173. The molecule has 1 aliphatic heterocycles. The molecule has 1 aliphatic carbocycles. The van der Waals surface area contributed by atoms with E-state index < -0.39 is 6.10 Å². The lowest BCUT2D eigenvalue weighted by Gasteiger charge is -2.41. The maximum atomic E-state index is 12.6. The summed E-state index contributed by atoms with van der Waals surface area (Å²) in [6, 6.07) is 6.97. The summed E-state index contributed by atoms with van der Waals surface area (Å²) < 4.78 is 11.0. The van der Waals surface area contributed by atoms with Gasteiger partial charge in [0.15, 0.2) is 6.10 Å². The fourth-order valence-electron chi connectivity index (χ4n) is 3.46. The Labute approximate surface area is 130 Å². The van der Waals surface area contributed by atoms with E-state index in [1.807, 2.05) is 0 Å². The number of hydrogen-bond donors (Lipinski definition) is 1. The molecule has 22 heavy (non-hydrogen) atoms. The molecule has 1 heterocycles. The number of aliphatic hydroxyl groups excluding tert-OH is 1. The van der Waals surface area contributed by atoms with E-state index in [-0.39, 0.29) is 11.5 Å². The molecular weight excluding hydrogens is 282 g/mol. The van der Waals surface area contributed by atoms with Gasteiger partial charge in [0.25, 0.3) is 5.91 Å². The third-order valence-electron chi connectivity index (χ3n) is 4.74. The topological polar surface area (TPSA) is 59.0 Å². The Morgan fingerprint density at radius 3 is 2.64 bits per heavy atom. The maximum absolute atomic E-state index is 12.6. The molecule has 120 valence electrons. The van der Waals surface area contributed by atoms with E-state index in [4.69, 9.17) is 9.47 Å². The first-order chi connectivity index (χ1) is 10.6. The Balaban J connectivity index is 1.69. The van der Waals surface area contributed by atoms with Crippen LogP contribution in [0.5, 0.6) is 5.75 Å². The number of hydrogen-bond acceptors (Lipinski definition) is 4. The number of morpholine rings is 1. The molecule has 5 nitrogen and oxygen atoms in total. The Bertz CT molecular complexity index is 522. The first-order valence-corrected chi connectivity index (χ1v) is 7.88. The van der Waals surface area contributed by atoms with Gasteiger partial charge in [-0.25, -0.2) is 0 Å². The van der Waals surface area contributed by atoms with Crippen LogP contribution in [0.15, 0.2) is 24.3 Å². The Hall–Kier alpha value is -1.59. The van der Waals surface area contributed by atoms with Crippen LogP contribution >= 0.6 is 0 Å². The lowest BCUT2D eigenvalue weighted by Crippen LogP contribution is -2.53. The second-order valence-corrected chi connectivity index (χ2v) is 6.17. The predicted octanol–water partition coefficient (Wildman–Crippen LogP) is 1.90. The molecule has 0 aromatic heterocycles. The van der Waals surface area contributed by atoms with Crippen molar-refractivity contribution in [1.82, 2.24) is 4.90 Å². The minimum Gasteiger partial charge on any atom is -0.497 e. The molecule has 0 radical (unpaired) electrons. The first-order valence-electron chi connectivity index (χ1n) is 7.88. The van der Waals surface area contributed by atoms with E-state index >= 15 is 0 Å². The molecule has 1 amide bonds. The predicted molar refractivity (Wildman–Crippen MR) is 81.7 cm³/mol. The van der Waals surface area contributed by atoms with Crippen molar-refractivity contribution < 1.29 is 19.4 Å². The van der Waals surface area contributed by atoms with E-state index in [0.29, 0.717) is 31.0 Å². The number of carbonyl (C=O) groups excluding carboxylic acids is 1. The second-order valence-electron chi connectivity index (χ2n) is 6.17. The zero-order chi connectivity index (χ0) is 15.6. The molecule has 1 spiro atoms. The highest BCUT2D eigenvalue weighted by molar-refractivity contribution is 5.82. The van der Waals surface area contributed by atoms with Crippen LogP contribution in [-0.4, -0.2) is 48.3 Å². The molecule has 5 heteroatoms. The molecule has 1 aromatic carbocycles. The van der Waals surface area contributed by atoms with Crippen LogP contribution in [0.3, 0.4) is 0 Å². The zero-order valence-electron chi connectivity index (χ0n) is 13.0. The van der Waals surface area contributed by atoms with Crippen molar-refractivity contribution in [1.29, 1.82) is 0 Å². The summed E-state index contributed by atoms with van der Waals surface area (Å²) in [4.78, 5) is 14.3. The number of methoxy groups -OCH3 is 1. The number of nitrogens with zero attached hydrogens (tertiary/aromatic N) is 1. The number of amides is 1. The highest BCUT2D eigenvalue weighted by Crippen LogP contribution is 2.36. The summed E-state index contributed by atoms with van der Waals surface area (Å²) >= 11 is 0. The first kappa shape index (κ1) is 15.3. The van der Waals surface area contributed by atoms with Gasteiger partial charge in [0, 0.05) is 13.1 Å². The lowest BCUT2D eigenvalue weighted by atomic mass is 9.98. The van der Waals surface area contributed by atoms with Crippen LogP contribution in [0, 0.1) is 0 Å². The molecule has 2 fully saturated rings. The van der Waals surface area contributed by atoms with E-state index in [1.165, 1.54) is 0 Å². The molecule has 1 atom stereocenters. The van der Waals surface area contributed by atoms with Crippen molar-refractivity contribution >= 4 is 5.91 Å². The maximum Gasteiger partial charge on any atom is 0.256 e. The van der Waals surface area contributed by atoms with Gasteiger partial charge in [-0.05, 0) is 30.5 Å². The van der Waals surface area contributed by atoms with Crippen molar-refractivity contribution in [2.75, 3.05) is 26.8 Å². The molecule has 1 N–H and O–H groups in total. The SMILES string of the molecule is COc1ccc([C@H](O)C(=O)N2CCOC3(CCCC3)C2)cc1. The molecule has 0 bridgehead atoms. The number of aliphatic hydroxyl groups is 1. The van der Waals surface area contributed by atoms with Crippen LogP contribution in [0.2, 0.25) is 0 Å². The van der Waals surface area contributed by atoms with Gasteiger partial charge in [-0.1, -0.05) is 25.0 Å². The van der Waals surface area contributed by atoms with Crippen LogP contribution in [-0.2, 0) is 9.53 Å². The third kappa shape index (κ3) is 2.96. The standard InChI is InChI=1S/C17H23NO4/c1-21-14-6-4-13(5-7-14)15(19)16(20)18-10-11-22-17(12-18)8-2-3-9-17/h4-7,15,19H,2-3,8-12H2,1H3/t15-/m0/s1. The second kappa shape index (κ2) is 6.26. The molecule has 2 aliphatic rings. The van der Waals surface area contributed by atoms with Crippen LogP contribution in [0.25, 0.3) is 0 Å². The molecule has 1 aromatic rings. The van der Waals surface area contributed by atoms with Gasteiger partial charge < -0.3 is 19.5 Å². The average Bonchev–Trinajstić information content (AvgIpc) is 3.01. The molecule has 0 unspecified atom stereocenters. The molecular formula is C17H23NO4. The van der Waals surface area contributed by atoms with Gasteiger partial charge >= 0.3 is 0 Å². The largest absolute Gasteiger partial charge is 0.497 e. The molecule has 1 saturated carbocycles. The quantitative estimate of drug-likeness (QED) is 0.926. The van der Waals surface area contributed by atoms with E-state index in [2.05, 4.69) is 0 Å². The van der Waals surface area contributed by atoms with Crippen LogP contribution in [0.4, 0.5) is 0 Å². The van der Waals surface area contributed by atoms with Crippen LogP contribution < -0.4 is 4.74 Å². The van der Waals surface area contributed by atoms with E-state index in [9.17, 15) is 9.90 Å². The third-order valence-corrected chi connectivity index (χ3v) is 4.74. The number of ether oxygens (including phenoxy) is 2. The van der Waals surface area contributed by atoms with Crippen molar-refractivity contribution in [3.63, 3.8) is 0 Å². The van der Waals surface area contributed by atoms with Crippen molar-refractivity contribution in [2.45, 2.75) is 37.4 Å². The van der Waals surface area contributed by atoms with Gasteiger partial charge in [0.2, 0.25) is 0 Å². The number of carbonyl (C=O) groups is 1. The van der Waals surface area contributed by atoms with Gasteiger partial charge in [-0.15, -0.1) is 0 Å². The number of rotatable bonds is 3. The normalized spacial score (nSPS) is 21.8. The average molecular weight is 305 g/mol. The fraction of sp³-hybridized carbons (Fsp3) is 0.588. The summed E-state index contributed by atoms with van der Waals surface area (Å²) in [7, 11) is 1.59. The Morgan fingerprint density at radius 2 is 2.00 bits per heavy atom. The Kier molecular flexibility index (Phi) is 4.36. The van der Waals surface area contributed by atoms with Crippen molar-refractivity contribution in [3.05, 3.63) is 29.8 Å². The lowest BCUT2D eigenvalue weighted by molar-refractivity contribution is -0.158. The Morgan fingerprint density at radius 1 is 1.32 bits per heavy atom. The highest BCUT2D eigenvalue weighted by atomic mass is 16.5. The number of benzene rings is 1. The smallest absolute Gasteiger partial charge is 0.256 e. The highest BCUT2D eigenvalue weighted by Gasteiger charge is 2.41. The summed E-state index contributed by atoms with van der Waals surface area (Å²) in [6.07, 6.45) is 3.21. The van der Waals surface area contributed by atoms with E-state index in [0.717, 1.165) is 25.7 Å². The summed E-state index contributed by atoms with van der Waals surface area (Å²) in [5, 5.41) is 10.4. The minimum atomic E-state index is -1.12.